The van der Waals surface area contributed by atoms with Crippen LogP contribution >= 0.6 is 0 Å². The van der Waals surface area contributed by atoms with E-state index in [1.807, 2.05) is 6.92 Å². The Morgan fingerprint density at radius 3 is 2.24 bits per heavy atom. The van der Waals surface area contributed by atoms with Gasteiger partial charge in [-0.05, 0) is 19.1 Å². The predicted molar refractivity (Wildman–Crippen MR) is 73.6 cm³/mol. The zero-order valence-electron chi connectivity index (χ0n) is 11.6. The van der Waals surface area contributed by atoms with Gasteiger partial charge in [0.1, 0.15) is 11.4 Å². The smallest absolute Gasteiger partial charge is 0.272 e. The molecule has 0 saturated carbocycles. The van der Waals surface area contributed by atoms with Crippen LogP contribution in [-0.2, 0) is 0 Å². The molecule has 110 valence electrons. The number of piperazine rings is 1. The zero-order valence-corrected chi connectivity index (χ0v) is 11.6. The van der Waals surface area contributed by atoms with Crippen molar-refractivity contribution in [2.24, 2.45) is 0 Å². The van der Waals surface area contributed by atoms with Gasteiger partial charge in [-0.25, -0.2) is 0 Å². The largest absolute Gasteiger partial charge is 0.334 e. The summed E-state index contributed by atoms with van der Waals surface area (Å²) >= 11 is 0. The fourth-order valence-corrected chi connectivity index (χ4v) is 2.52. The summed E-state index contributed by atoms with van der Waals surface area (Å²) < 4.78 is 0. The number of carbonyl (C=O) groups is 2. The molecule has 1 fully saturated rings. The Hall–Kier alpha value is -2.64. The molecule has 1 unspecified atom stereocenters. The molecule has 2 amide bonds. The second-order valence-corrected chi connectivity index (χ2v) is 5.04. The number of aromatic amines is 2. The minimum Gasteiger partial charge on any atom is -0.334 e. The summed E-state index contributed by atoms with van der Waals surface area (Å²) in [5, 5.41) is 12.9. The highest BCUT2D eigenvalue weighted by molar-refractivity contribution is 5.94. The quantitative estimate of drug-likeness (QED) is 0.820. The number of hydrogen-bond donors (Lipinski definition) is 2. The van der Waals surface area contributed by atoms with E-state index in [4.69, 9.17) is 0 Å². The van der Waals surface area contributed by atoms with Gasteiger partial charge in [0, 0.05) is 38.1 Å². The Labute approximate surface area is 121 Å². The minimum atomic E-state index is -0.0898. The van der Waals surface area contributed by atoms with Crippen molar-refractivity contribution < 1.29 is 9.59 Å². The predicted octanol–water partition coefficient (Wildman–Crippen LogP) is 0.119. The van der Waals surface area contributed by atoms with Crippen LogP contribution in [0.25, 0.3) is 0 Å². The first-order chi connectivity index (χ1) is 10.2. The molecular weight excluding hydrogens is 272 g/mol. The van der Waals surface area contributed by atoms with E-state index in [1.54, 1.807) is 34.3 Å². The van der Waals surface area contributed by atoms with Crippen molar-refractivity contribution in [3.63, 3.8) is 0 Å². The first-order valence-electron chi connectivity index (χ1n) is 6.76. The first-order valence-corrected chi connectivity index (χ1v) is 6.76. The number of amides is 2. The summed E-state index contributed by atoms with van der Waals surface area (Å²) in [5.74, 6) is -0.179. The van der Waals surface area contributed by atoms with Crippen molar-refractivity contribution in [2.75, 3.05) is 19.6 Å². The van der Waals surface area contributed by atoms with Crippen LogP contribution in [-0.4, -0.2) is 67.7 Å². The van der Waals surface area contributed by atoms with Gasteiger partial charge in [-0.2, -0.15) is 10.2 Å². The molecule has 1 atom stereocenters. The Morgan fingerprint density at radius 1 is 1.10 bits per heavy atom. The number of nitrogens with zero attached hydrogens (tertiary/aromatic N) is 4. The van der Waals surface area contributed by atoms with E-state index in [0.29, 0.717) is 31.0 Å². The third kappa shape index (κ3) is 2.51. The van der Waals surface area contributed by atoms with Gasteiger partial charge < -0.3 is 9.80 Å². The van der Waals surface area contributed by atoms with E-state index in [9.17, 15) is 9.59 Å². The standard InChI is InChI=1S/C13H16N6O2/c1-9-8-18(12(20)10-2-4-14-16-10)6-7-19(9)13(21)11-3-5-15-17-11/h2-5,9H,6-8H2,1H3,(H,14,16)(H,15,17). The van der Waals surface area contributed by atoms with Gasteiger partial charge in [0.2, 0.25) is 0 Å². The molecule has 2 N–H and O–H groups in total. The average molecular weight is 288 g/mol. The lowest BCUT2D eigenvalue weighted by molar-refractivity contribution is 0.0408. The lowest BCUT2D eigenvalue weighted by Gasteiger charge is -2.39. The topological polar surface area (TPSA) is 98.0 Å². The van der Waals surface area contributed by atoms with Crippen molar-refractivity contribution in [3.8, 4) is 0 Å². The highest BCUT2D eigenvalue weighted by atomic mass is 16.2. The van der Waals surface area contributed by atoms with Crippen molar-refractivity contribution in [1.29, 1.82) is 0 Å². The van der Waals surface area contributed by atoms with E-state index in [1.165, 1.54) is 0 Å². The molecule has 1 aliphatic rings. The van der Waals surface area contributed by atoms with Crippen LogP contribution in [0.3, 0.4) is 0 Å². The van der Waals surface area contributed by atoms with Gasteiger partial charge in [-0.15, -0.1) is 0 Å². The van der Waals surface area contributed by atoms with Crippen LogP contribution in [0, 0.1) is 0 Å². The SMILES string of the molecule is CC1CN(C(=O)c2ccn[nH]2)CCN1C(=O)c1ccn[nH]1. The van der Waals surface area contributed by atoms with Gasteiger partial charge in [-0.3, -0.25) is 19.8 Å². The highest BCUT2D eigenvalue weighted by Crippen LogP contribution is 2.14. The Bertz CT molecular complexity index is 621. The molecule has 3 heterocycles. The molecule has 0 aliphatic carbocycles. The van der Waals surface area contributed by atoms with E-state index < -0.39 is 0 Å². The van der Waals surface area contributed by atoms with E-state index in [-0.39, 0.29) is 17.9 Å². The molecule has 1 aliphatic heterocycles. The Balaban J connectivity index is 1.67. The molecular formula is C13H16N6O2. The fourth-order valence-electron chi connectivity index (χ4n) is 2.52. The maximum Gasteiger partial charge on any atom is 0.272 e. The number of nitrogens with one attached hydrogen (secondary N) is 2. The van der Waals surface area contributed by atoms with Crippen LogP contribution in [0.2, 0.25) is 0 Å². The molecule has 3 rings (SSSR count). The van der Waals surface area contributed by atoms with Crippen LogP contribution in [0.4, 0.5) is 0 Å². The summed E-state index contributed by atoms with van der Waals surface area (Å²) in [4.78, 5) is 28.0. The third-order valence-corrected chi connectivity index (χ3v) is 3.64. The molecule has 0 spiro atoms. The fraction of sp³-hybridized carbons (Fsp3) is 0.385. The van der Waals surface area contributed by atoms with E-state index in [2.05, 4.69) is 20.4 Å². The maximum absolute atomic E-state index is 12.3. The lowest BCUT2D eigenvalue weighted by Crippen LogP contribution is -2.55. The monoisotopic (exact) mass is 288 g/mol. The molecule has 0 bridgehead atoms. The van der Waals surface area contributed by atoms with Crippen LogP contribution < -0.4 is 0 Å². The maximum atomic E-state index is 12.3. The van der Waals surface area contributed by atoms with Gasteiger partial charge in [-0.1, -0.05) is 0 Å². The minimum absolute atomic E-state index is 0.0542. The summed E-state index contributed by atoms with van der Waals surface area (Å²) in [7, 11) is 0. The lowest BCUT2D eigenvalue weighted by atomic mass is 10.1. The van der Waals surface area contributed by atoms with Crippen LogP contribution in [0.5, 0.6) is 0 Å². The van der Waals surface area contributed by atoms with Gasteiger partial charge in [0.05, 0.1) is 0 Å². The molecule has 0 radical (unpaired) electrons. The number of aromatic nitrogens is 4. The average Bonchev–Trinajstić information content (AvgIpc) is 3.18. The zero-order chi connectivity index (χ0) is 14.8. The number of H-pyrrole nitrogens is 2. The molecule has 2 aromatic heterocycles. The molecule has 8 heteroatoms. The summed E-state index contributed by atoms with van der Waals surface area (Å²) in [6, 6.07) is 3.24. The van der Waals surface area contributed by atoms with Gasteiger partial charge in [0.25, 0.3) is 11.8 Å². The number of rotatable bonds is 2. The highest BCUT2D eigenvalue weighted by Gasteiger charge is 2.31. The molecule has 0 aromatic carbocycles. The van der Waals surface area contributed by atoms with E-state index >= 15 is 0 Å². The van der Waals surface area contributed by atoms with Crippen molar-refractivity contribution in [2.45, 2.75) is 13.0 Å². The molecule has 2 aromatic rings. The normalized spacial score (nSPS) is 18.8. The number of hydrogen-bond acceptors (Lipinski definition) is 4. The Kier molecular flexibility index (Phi) is 3.43. The third-order valence-electron chi connectivity index (χ3n) is 3.64. The first kappa shape index (κ1) is 13.3. The molecule has 8 nitrogen and oxygen atoms in total. The van der Waals surface area contributed by atoms with Crippen molar-refractivity contribution >= 4 is 11.8 Å². The van der Waals surface area contributed by atoms with Crippen molar-refractivity contribution in [3.05, 3.63) is 35.9 Å². The summed E-state index contributed by atoms with van der Waals surface area (Å²) in [5.41, 5.74) is 0.936. The van der Waals surface area contributed by atoms with Crippen molar-refractivity contribution in [1.82, 2.24) is 30.2 Å². The van der Waals surface area contributed by atoms with E-state index in [0.717, 1.165) is 0 Å². The summed E-state index contributed by atoms with van der Waals surface area (Å²) in [6.45, 7) is 3.43. The second kappa shape index (κ2) is 5.39. The summed E-state index contributed by atoms with van der Waals surface area (Å²) in [6.07, 6.45) is 3.10. The number of carbonyl (C=O) groups excluding carboxylic acids is 2. The second-order valence-electron chi connectivity index (χ2n) is 5.04. The van der Waals surface area contributed by atoms with Crippen LogP contribution in [0.1, 0.15) is 27.9 Å². The molecule has 21 heavy (non-hydrogen) atoms. The van der Waals surface area contributed by atoms with Gasteiger partial charge >= 0.3 is 0 Å². The Morgan fingerprint density at radius 2 is 1.71 bits per heavy atom. The van der Waals surface area contributed by atoms with Gasteiger partial charge in [0.15, 0.2) is 0 Å². The van der Waals surface area contributed by atoms with Crippen LogP contribution in [0.15, 0.2) is 24.5 Å². The molecule has 1 saturated heterocycles.